The van der Waals surface area contributed by atoms with Crippen LogP contribution in [0.25, 0.3) is 0 Å². The van der Waals surface area contributed by atoms with Crippen LogP contribution in [-0.2, 0) is 14.3 Å². The van der Waals surface area contributed by atoms with Gasteiger partial charge in [-0.25, -0.2) is 0 Å². The minimum atomic E-state index is -0.625. The summed E-state index contributed by atoms with van der Waals surface area (Å²) in [6, 6.07) is 7.24. The Kier molecular flexibility index (Phi) is 6.14. The second-order valence-electron chi connectivity index (χ2n) is 7.85. The zero-order valence-corrected chi connectivity index (χ0v) is 16.0. The van der Waals surface area contributed by atoms with Gasteiger partial charge in [-0.2, -0.15) is 0 Å². The number of esters is 1. The molecule has 2 bridgehead atoms. The first-order valence-electron chi connectivity index (χ1n) is 9.73. The molecule has 2 fully saturated rings. The van der Waals surface area contributed by atoms with E-state index in [1.165, 1.54) is 25.7 Å². The highest BCUT2D eigenvalue weighted by Crippen LogP contribution is 2.49. The third-order valence-electron chi connectivity index (χ3n) is 5.97. The van der Waals surface area contributed by atoms with Gasteiger partial charge in [0.15, 0.2) is 6.61 Å². The maximum Gasteiger partial charge on any atom is 0.325 e. The molecule has 0 radical (unpaired) electrons. The lowest BCUT2D eigenvalue weighted by Gasteiger charge is -2.28. The van der Waals surface area contributed by atoms with Crippen molar-refractivity contribution >= 4 is 17.8 Å². The molecular weight excluding hydrogens is 344 g/mol. The highest BCUT2D eigenvalue weighted by molar-refractivity contribution is 5.97. The molecular formula is C21H28N2O4. The molecule has 3 rings (SSSR count). The summed E-state index contributed by atoms with van der Waals surface area (Å²) in [5.74, 6) is 0.846. The first kappa shape index (κ1) is 19.4. The summed E-state index contributed by atoms with van der Waals surface area (Å²) in [6.07, 6.45) is 5.08. The van der Waals surface area contributed by atoms with E-state index in [0.717, 1.165) is 17.4 Å². The molecule has 0 unspecified atom stereocenters. The molecule has 2 amide bonds. The van der Waals surface area contributed by atoms with Crippen LogP contribution in [0.2, 0.25) is 0 Å². The van der Waals surface area contributed by atoms with Gasteiger partial charge in [0.05, 0.1) is 0 Å². The summed E-state index contributed by atoms with van der Waals surface area (Å²) in [7, 11) is 0. The van der Waals surface area contributed by atoms with Gasteiger partial charge in [-0.3, -0.25) is 14.4 Å². The Labute approximate surface area is 160 Å². The van der Waals surface area contributed by atoms with Crippen LogP contribution in [0.1, 0.15) is 48.5 Å². The zero-order valence-electron chi connectivity index (χ0n) is 16.0. The van der Waals surface area contributed by atoms with Crippen LogP contribution >= 0.6 is 0 Å². The lowest BCUT2D eigenvalue weighted by molar-refractivity contribution is -0.147. The molecule has 0 aromatic heterocycles. The topological polar surface area (TPSA) is 84.5 Å². The Morgan fingerprint density at radius 3 is 2.63 bits per heavy atom. The van der Waals surface area contributed by atoms with Crippen LogP contribution in [0.4, 0.5) is 0 Å². The minimum Gasteiger partial charge on any atom is -0.454 e. The molecule has 2 aliphatic carbocycles. The van der Waals surface area contributed by atoms with Crippen molar-refractivity contribution in [3.8, 4) is 0 Å². The Hall–Kier alpha value is -2.37. The molecule has 0 saturated heterocycles. The summed E-state index contributed by atoms with van der Waals surface area (Å²) in [6.45, 7) is 3.29. The molecule has 2 saturated carbocycles. The van der Waals surface area contributed by atoms with E-state index in [1.807, 2.05) is 26.0 Å². The molecule has 0 spiro atoms. The molecule has 1 aromatic carbocycles. The number of hydrogen-bond donors (Lipinski definition) is 2. The van der Waals surface area contributed by atoms with Crippen molar-refractivity contribution < 1.29 is 19.1 Å². The molecule has 4 atom stereocenters. The lowest BCUT2D eigenvalue weighted by Crippen LogP contribution is -2.42. The van der Waals surface area contributed by atoms with Gasteiger partial charge in [-0.1, -0.05) is 24.6 Å². The Balaban J connectivity index is 1.35. The van der Waals surface area contributed by atoms with Crippen molar-refractivity contribution in [3.63, 3.8) is 0 Å². The summed E-state index contributed by atoms with van der Waals surface area (Å²) in [5, 5.41) is 5.48. The first-order chi connectivity index (χ1) is 12.9. The molecule has 2 aliphatic rings. The standard InChI is InChI=1S/C21H28N2O4/c1-13-5-3-4-6-17(13)21(26)22-11-20(25)27-12-19(24)23-14(2)18-10-15-7-8-16(18)9-15/h3-6,14-16,18H,7-12H2,1-2H3,(H,22,26)(H,23,24)/t14-,15-,16-,18-/m0/s1. The van der Waals surface area contributed by atoms with Gasteiger partial charge < -0.3 is 15.4 Å². The predicted molar refractivity (Wildman–Crippen MR) is 101 cm³/mol. The summed E-state index contributed by atoms with van der Waals surface area (Å²) < 4.78 is 4.98. The van der Waals surface area contributed by atoms with Gasteiger partial charge in [0.2, 0.25) is 0 Å². The van der Waals surface area contributed by atoms with Crippen LogP contribution in [0.3, 0.4) is 0 Å². The van der Waals surface area contributed by atoms with Crippen LogP contribution in [0, 0.1) is 24.7 Å². The molecule has 1 aromatic rings. The average molecular weight is 372 g/mol. The van der Waals surface area contributed by atoms with Gasteiger partial charge in [-0.05, 0) is 62.5 Å². The van der Waals surface area contributed by atoms with Crippen LogP contribution in [0.5, 0.6) is 0 Å². The van der Waals surface area contributed by atoms with Gasteiger partial charge in [0, 0.05) is 11.6 Å². The predicted octanol–water partition coefficient (Wildman–Crippen LogP) is 2.21. The SMILES string of the molecule is Cc1ccccc1C(=O)NCC(=O)OCC(=O)N[C@@H](C)[C@@H]1C[C@H]2CC[C@H]1C2. The number of benzene rings is 1. The maximum atomic E-state index is 12.1. The van der Waals surface area contributed by atoms with Crippen molar-refractivity contribution in [3.05, 3.63) is 35.4 Å². The molecule has 146 valence electrons. The Bertz CT molecular complexity index is 718. The fourth-order valence-corrected chi connectivity index (χ4v) is 4.58. The lowest BCUT2D eigenvalue weighted by atomic mass is 9.84. The van der Waals surface area contributed by atoms with Gasteiger partial charge in [0.1, 0.15) is 6.54 Å². The number of hydrogen-bond acceptors (Lipinski definition) is 4. The molecule has 27 heavy (non-hydrogen) atoms. The fourth-order valence-electron chi connectivity index (χ4n) is 4.58. The third-order valence-corrected chi connectivity index (χ3v) is 5.97. The third kappa shape index (κ3) is 4.87. The van der Waals surface area contributed by atoms with E-state index in [-0.39, 0.29) is 31.0 Å². The Morgan fingerprint density at radius 2 is 1.96 bits per heavy atom. The maximum absolute atomic E-state index is 12.1. The fraction of sp³-hybridized carbons (Fsp3) is 0.571. The number of rotatable bonds is 7. The molecule has 2 N–H and O–H groups in total. The number of fused-ring (bicyclic) bond motifs is 2. The van der Waals surface area contributed by atoms with Gasteiger partial charge in [-0.15, -0.1) is 0 Å². The van der Waals surface area contributed by atoms with E-state index in [0.29, 0.717) is 11.5 Å². The monoisotopic (exact) mass is 372 g/mol. The van der Waals surface area contributed by atoms with E-state index >= 15 is 0 Å². The van der Waals surface area contributed by atoms with Gasteiger partial charge in [0.25, 0.3) is 11.8 Å². The quantitative estimate of drug-likeness (QED) is 0.719. The largest absolute Gasteiger partial charge is 0.454 e. The second kappa shape index (κ2) is 8.55. The minimum absolute atomic E-state index is 0.104. The van der Waals surface area contributed by atoms with Crippen molar-refractivity contribution in [2.75, 3.05) is 13.2 Å². The summed E-state index contributed by atoms with van der Waals surface area (Å²) >= 11 is 0. The number of ether oxygens (including phenoxy) is 1. The Morgan fingerprint density at radius 1 is 1.19 bits per heavy atom. The molecule has 6 heteroatoms. The van der Waals surface area contributed by atoms with Crippen LogP contribution < -0.4 is 10.6 Å². The van der Waals surface area contributed by atoms with Gasteiger partial charge >= 0.3 is 5.97 Å². The zero-order chi connectivity index (χ0) is 19.4. The van der Waals surface area contributed by atoms with Crippen molar-refractivity contribution in [1.29, 1.82) is 0 Å². The van der Waals surface area contributed by atoms with Crippen LogP contribution in [-0.4, -0.2) is 37.0 Å². The molecule has 0 heterocycles. The number of carbonyl (C=O) groups excluding carboxylic acids is 3. The average Bonchev–Trinajstić information content (AvgIpc) is 3.28. The van der Waals surface area contributed by atoms with E-state index in [9.17, 15) is 14.4 Å². The van der Waals surface area contributed by atoms with E-state index in [4.69, 9.17) is 4.74 Å². The number of amides is 2. The molecule has 6 nitrogen and oxygen atoms in total. The second-order valence-corrected chi connectivity index (χ2v) is 7.85. The van der Waals surface area contributed by atoms with Crippen molar-refractivity contribution in [2.45, 2.75) is 45.6 Å². The van der Waals surface area contributed by atoms with E-state index in [1.54, 1.807) is 12.1 Å². The summed E-state index contributed by atoms with van der Waals surface area (Å²) in [4.78, 5) is 35.9. The number of carbonyl (C=O) groups is 3. The van der Waals surface area contributed by atoms with Crippen LogP contribution in [0.15, 0.2) is 24.3 Å². The number of aryl methyl sites for hydroxylation is 1. The van der Waals surface area contributed by atoms with Crippen molar-refractivity contribution in [2.24, 2.45) is 17.8 Å². The van der Waals surface area contributed by atoms with Crippen molar-refractivity contribution in [1.82, 2.24) is 10.6 Å². The van der Waals surface area contributed by atoms with E-state index in [2.05, 4.69) is 10.6 Å². The highest BCUT2D eigenvalue weighted by atomic mass is 16.5. The highest BCUT2D eigenvalue weighted by Gasteiger charge is 2.42. The number of nitrogens with one attached hydrogen (secondary N) is 2. The first-order valence-corrected chi connectivity index (χ1v) is 9.73. The van der Waals surface area contributed by atoms with E-state index < -0.39 is 5.97 Å². The normalized spacial score (nSPS) is 24.3. The summed E-state index contributed by atoms with van der Waals surface area (Å²) in [5.41, 5.74) is 1.35. The molecule has 0 aliphatic heterocycles. The smallest absolute Gasteiger partial charge is 0.325 e.